The molecule has 0 saturated carbocycles. The van der Waals surface area contributed by atoms with E-state index in [-0.39, 0.29) is 12.3 Å². The van der Waals surface area contributed by atoms with E-state index in [2.05, 4.69) is 4.98 Å². The van der Waals surface area contributed by atoms with Gasteiger partial charge in [0.1, 0.15) is 5.75 Å². The molecule has 0 aliphatic carbocycles. The van der Waals surface area contributed by atoms with Crippen LogP contribution in [0.5, 0.6) is 11.5 Å². The van der Waals surface area contributed by atoms with E-state index in [1.165, 1.54) is 12.1 Å². The van der Waals surface area contributed by atoms with Gasteiger partial charge in [0.05, 0.1) is 0 Å². The smallest absolute Gasteiger partial charge is 0.201 e. The first-order valence-electron chi connectivity index (χ1n) is 5.39. The van der Waals surface area contributed by atoms with Gasteiger partial charge in [0.2, 0.25) is 5.82 Å². The molecule has 0 saturated heterocycles. The average molecular weight is 250 g/mol. The lowest BCUT2D eigenvalue weighted by Gasteiger charge is -2.11. The number of benzene rings is 1. The van der Waals surface area contributed by atoms with Gasteiger partial charge in [0.15, 0.2) is 11.6 Å². The third-order valence-electron chi connectivity index (χ3n) is 2.44. The Balaban J connectivity index is 2.39. The summed E-state index contributed by atoms with van der Waals surface area (Å²) in [6, 6.07) is 5.40. The lowest BCUT2D eigenvalue weighted by Crippen LogP contribution is -2.02. The molecule has 0 radical (unpaired) electrons. The minimum absolute atomic E-state index is 0.171. The van der Waals surface area contributed by atoms with E-state index in [1.807, 2.05) is 0 Å². The van der Waals surface area contributed by atoms with Crippen LogP contribution in [0, 0.1) is 18.6 Å². The highest BCUT2D eigenvalue weighted by atomic mass is 19.2. The minimum atomic E-state index is -1.02. The fourth-order valence-electron chi connectivity index (χ4n) is 1.49. The Morgan fingerprint density at radius 2 is 2.06 bits per heavy atom. The van der Waals surface area contributed by atoms with Crippen molar-refractivity contribution in [2.45, 2.75) is 13.5 Å². The van der Waals surface area contributed by atoms with Crippen molar-refractivity contribution in [3.8, 4) is 11.5 Å². The van der Waals surface area contributed by atoms with Gasteiger partial charge in [-0.15, -0.1) is 0 Å². The summed E-state index contributed by atoms with van der Waals surface area (Å²) in [5.74, 6) is -1.76. The van der Waals surface area contributed by atoms with Crippen molar-refractivity contribution in [1.29, 1.82) is 0 Å². The molecular weight excluding hydrogens is 238 g/mol. The first kappa shape index (κ1) is 12.4. The van der Waals surface area contributed by atoms with Crippen LogP contribution in [0.1, 0.15) is 11.3 Å². The predicted octanol–water partition coefficient (Wildman–Crippen LogP) is 2.92. The van der Waals surface area contributed by atoms with Gasteiger partial charge in [-0.25, -0.2) is 4.39 Å². The summed E-state index contributed by atoms with van der Waals surface area (Å²) in [5.41, 5.74) is 6.87. The largest absolute Gasteiger partial charge is 0.454 e. The van der Waals surface area contributed by atoms with E-state index in [0.717, 1.165) is 6.07 Å². The van der Waals surface area contributed by atoms with Crippen molar-refractivity contribution in [1.82, 2.24) is 4.98 Å². The van der Waals surface area contributed by atoms with Crippen LogP contribution in [0.25, 0.3) is 0 Å². The highest BCUT2D eigenvalue weighted by Crippen LogP contribution is 2.28. The lowest BCUT2D eigenvalue weighted by molar-refractivity contribution is 0.412. The third kappa shape index (κ3) is 2.46. The second-order valence-corrected chi connectivity index (χ2v) is 3.79. The molecule has 0 unspecified atom stereocenters. The SMILES string of the molecule is Cc1cc(Oc2cccc(F)c2F)c(CN)cn1. The van der Waals surface area contributed by atoms with E-state index in [4.69, 9.17) is 10.5 Å². The monoisotopic (exact) mass is 250 g/mol. The van der Waals surface area contributed by atoms with E-state index in [0.29, 0.717) is 17.0 Å². The topological polar surface area (TPSA) is 48.1 Å². The molecule has 0 spiro atoms. The van der Waals surface area contributed by atoms with E-state index < -0.39 is 11.6 Å². The van der Waals surface area contributed by atoms with Crippen LogP contribution in [-0.4, -0.2) is 4.98 Å². The first-order valence-corrected chi connectivity index (χ1v) is 5.39. The molecule has 1 heterocycles. The molecule has 2 N–H and O–H groups in total. The number of hydrogen-bond acceptors (Lipinski definition) is 3. The summed E-state index contributed by atoms with van der Waals surface area (Å²) in [7, 11) is 0. The first-order chi connectivity index (χ1) is 8.61. The van der Waals surface area contributed by atoms with Crippen LogP contribution < -0.4 is 10.5 Å². The number of aryl methyl sites for hydroxylation is 1. The molecule has 2 aromatic rings. The number of aromatic nitrogens is 1. The summed E-state index contributed by atoms with van der Waals surface area (Å²) in [6.45, 7) is 1.98. The zero-order chi connectivity index (χ0) is 13.1. The van der Waals surface area contributed by atoms with Gasteiger partial charge in [-0.3, -0.25) is 4.98 Å². The Hall–Kier alpha value is -2.01. The molecule has 1 aromatic heterocycles. The number of ether oxygens (including phenoxy) is 1. The maximum Gasteiger partial charge on any atom is 0.201 e. The number of pyridine rings is 1. The minimum Gasteiger partial charge on any atom is -0.454 e. The number of hydrogen-bond donors (Lipinski definition) is 1. The Labute approximate surface area is 103 Å². The maximum absolute atomic E-state index is 13.5. The second kappa shape index (κ2) is 5.10. The van der Waals surface area contributed by atoms with Crippen molar-refractivity contribution in [3.05, 3.63) is 53.4 Å². The molecule has 94 valence electrons. The fraction of sp³-hybridized carbons (Fsp3) is 0.154. The molecule has 0 amide bonds. The number of halogens is 2. The van der Waals surface area contributed by atoms with Crippen molar-refractivity contribution < 1.29 is 13.5 Å². The second-order valence-electron chi connectivity index (χ2n) is 3.79. The van der Waals surface area contributed by atoms with Crippen molar-refractivity contribution in [2.24, 2.45) is 5.73 Å². The molecule has 3 nitrogen and oxygen atoms in total. The number of rotatable bonds is 3. The standard InChI is InChI=1S/C13H12F2N2O/c1-8-5-12(9(6-16)7-17-8)18-11-4-2-3-10(14)13(11)15/h2-5,7H,6,16H2,1H3. The molecule has 2 rings (SSSR count). The van der Waals surface area contributed by atoms with Crippen LogP contribution in [0.3, 0.4) is 0 Å². The highest BCUT2D eigenvalue weighted by Gasteiger charge is 2.12. The Bertz CT molecular complexity index is 573. The molecule has 0 bridgehead atoms. The van der Waals surface area contributed by atoms with Crippen LogP contribution in [0.15, 0.2) is 30.5 Å². The Morgan fingerprint density at radius 3 is 2.78 bits per heavy atom. The molecule has 1 aromatic carbocycles. The van der Waals surface area contributed by atoms with E-state index in [9.17, 15) is 8.78 Å². The molecule has 0 atom stereocenters. The van der Waals surface area contributed by atoms with Crippen LogP contribution >= 0.6 is 0 Å². The third-order valence-corrected chi connectivity index (χ3v) is 2.44. The average Bonchev–Trinajstić information content (AvgIpc) is 2.35. The van der Waals surface area contributed by atoms with Crippen molar-refractivity contribution in [3.63, 3.8) is 0 Å². The van der Waals surface area contributed by atoms with Crippen LogP contribution in [-0.2, 0) is 6.54 Å². The molecule has 0 fully saturated rings. The summed E-state index contributed by atoms with van der Waals surface area (Å²) >= 11 is 0. The zero-order valence-corrected chi connectivity index (χ0v) is 9.78. The van der Waals surface area contributed by atoms with Crippen LogP contribution in [0.2, 0.25) is 0 Å². The zero-order valence-electron chi connectivity index (χ0n) is 9.78. The van der Waals surface area contributed by atoms with Gasteiger partial charge in [-0.2, -0.15) is 4.39 Å². The van der Waals surface area contributed by atoms with Gasteiger partial charge >= 0.3 is 0 Å². The normalized spacial score (nSPS) is 10.4. The molecule has 5 heteroatoms. The van der Waals surface area contributed by atoms with Gasteiger partial charge in [-0.05, 0) is 19.1 Å². The van der Waals surface area contributed by atoms with Crippen LogP contribution in [0.4, 0.5) is 8.78 Å². The Kier molecular flexibility index (Phi) is 3.53. The maximum atomic E-state index is 13.5. The summed E-state index contributed by atoms with van der Waals surface area (Å²) in [6.07, 6.45) is 1.56. The number of nitrogens with two attached hydrogens (primary N) is 1. The van der Waals surface area contributed by atoms with Gasteiger partial charge in [-0.1, -0.05) is 6.07 Å². The number of nitrogens with zero attached hydrogens (tertiary/aromatic N) is 1. The van der Waals surface area contributed by atoms with Gasteiger partial charge in [0.25, 0.3) is 0 Å². The Morgan fingerprint density at radius 1 is 1.28 bits per heavy atom. The molecule has 0 aliphatic rings. The van der Waals surface area contributed by atoms with Crippen molar-refractivity contribution >= 4 is 0 Å². The quantitative estimate of drug-likeness (QED) is 0.911. The van der Waals surface area contributed by atoms with Gasteiger partial charge < -0.3 is 10.5 Å². The molecule has 18 heavy (non-hydrogen) atoms. The lowest BCUT2D eigenvalue weighted by atomic mass is 10.2. The summed E-state index contributed by atoms with van der Waals surface area (Å²) in [4.78, 5) is 4.06. The van der Waals surface area contributed by atoms with Gasteiger partial charge in [0, 0.05) is 30.1 Å². The molecule has 0 aliphatic heterocycles. The highest BCUT2D eigenvalue weighted by molar-refractivity contribution is 5.38. The van der Waals surface area contributed by atoms with E-state index >= 15 is 0 Å². The van der Waals surface area contributed by atoms with Crippen molar-refractivity contribution in [2.75, 3.05) is 0 Å². The summed E-state index contributed by atoms with van der Waals surface area (Å²) < 4.78 is 31.9. The van der Waals surface area contributed by atoms with E-state index in [1.54, 1.807) is 19.2 Å². The fourth-order valence-corrected chi connectivity index (χ4v) is 1.49. The predicted molar refractivity (Wildman–Crippen MR) is 63.3 cm³/mol. The summed E-state index contributed by atoms with van der Waals surface area (Å²) in [5, 5.41) is 0. The molecular formula is C13H12F2N2O.